The van der Waals surface area contributed by atoms with Gasteiger partial charge in [0.1, 0.15) is 5.82 Å². The lowest BCUT2D eigenvalue weighted by Crippen LogP contribution is -2.50. The van der Waals surface area contributed by atoms with E-state index in [4.69, 9.17) is 0 Å². The van der Waals surface area contributed by atoms with E-state index in [2.05, 4.69) is 20.8 Å². The van der Waals surface area contributed by atoms with E-state index in [0.29, 0.717) is 17.8 Å². The van der Waals surface area contributed by atoms with Crippen molar-refractivity contribution in [1.29, 1.82) is 0 Å². The highest BCUT2D eigenvalue weighted by molar-refractivity contribution is 5.98. The molecule has 8 heteroatoms. The molecular weight excluding hydrogens is 337 g/mol. The topological polar surface area (TPSA) is 90.1 Å². The van der Waals surface area contributed by atoms with E-state index in [0.717, 1.165) is 16.8 Å². The Hall–Kier alpha value is -3.16. The molecule has 26 heavy (non-hydrogen) atoms. The number of aromatic nitrogens is 2. The molecule has 3 amide bonds. The molecule has 0 radical (unpaired) electrons. The van der Waals surface area contributed by atoms with Gasteiger partial charge in [-0.25, -0.2) is 9.18 Å². The fraction of sp³-hybridized carbons (Fsp3) is 0.278. The van der Waals surface area contributed by atoms with Crippen molar-refractivity contribution < 1.29 is 14.0 Å². The molecule has 0 spiro atoms. The van der Waals surface area contributed by atoms with Crippen LogP contribution in [-0.4, -0.2) is 40.1 Å². The third kappa shape index (κ3) is 3.44. The molecule has 136 valence electrons. The van der Waals surface area contributed by atoms with Crippen molar-refractivity contribution in [3.8, 4) is 11.3 Å². The van der Waals surface area contributed by atoms with Crippen molar-refractivity contribution in [3.05, 3.63) is 53.1 Å². The third-order valence-corrected chi connectivity index (χ3v) is 4.32. The van der Waals surface area contributed by atoms with Crippen molar-refractivity contribution in [2.24, 2.45) is 0 Å². The summed E-state index contributed by atoms with van der Waals surface area (Å²) in [5.74, 6) is -0.501. The number of H-pyrrole nitrogens is 1. The van der Waals surface area contributed by atoms with E-state index < -0.39 is 0 Å². The number of nitrogens with one attached hydrogen (secondary N) is 3. The number of benzene rings is 1. The van der Waals surface area contributed by atoms with Gasteiger partial charge in [0.25, 0.3) is 5.91 Å². The quantitative estimate of drug-likeness (QED) is 0.783. The number of hydrogen-bond donors (Lipinski definition) is 3. The molecule has 2 heterocycles. The summed E-state index contributed by atoms with van der Waals surface area (Å²) in [5, 5.41) is 12.3. The molecule has 0 bridgehead atoms. The predicted molar refractivity (Wildman–Crippen MR) is 94.3 cm³/mol. The number of aromatic amines is 1. The molecule has 0 saturated carbocycles. The number of carbonyl (C=O) groups is 2. The summed E-state index contributed by atoms with van der Waals surface area (Å²) in [6, 6.07) is 5.37. The average molecular weight is 357 g/mol. The smallest absolute Gasteiger partial charge is 0.319 e. The largest absolute Gasteiger partial charge is 0.337 e. The van der Waals surface area contributed by atoms with Crippen LogP contribution in [0, 0.1) is 5.82 Å². The fourth-order valence-electron chi connectivity index (χ4n) is 3.04. The number of rotatable bonds is 4. The van der Waals surface area contributed by atoms with Crippen LogP contribution >= 0.6 is 0 Å². The molecule has 7 nitrogen and oxygen atoms in total. The van der Waals surface area contributed by atoms with Crippen molar-refractivity contribution in [1.82, 2.24) is 25.7 Å². The van der Waals surface area contributed by atoms with Gasteiger partial charge in [0.2, 0.25) is 0 Å². The van der Waals surface area contributed by atoms with Crippen molar-refractivity contribution in [3.63, 3.8) is 0 Å². The van der Waals surface area contributed by atoms with E-state index in [1.54, 1.807) is 44.1 Å². The number of urea groups is 1. The second-order valence-electron chi connectivity index (χ2n) is 6.30. The van der Waals surface area contributed by atoms with Crippen LogP contribution in [0.5, 0.6) is 0 Å². The van der Waals surface area contributed by atoms with Gasteiger partial charge in [-0.15, -0.1) is 0 Å². The van der Waals surface area contributed by atoms with Crippen molar-refractivity contribution >= 4 is 11.9 Å². The predicted octanol–water partition coefficient (Wildman–Crippen LogP) is 2.15. The number of likely N-dealkylation sites (N-methyl/N-ethyl adjacent to an activating group) is 1. The first-order valence-electron chi connectivity index (χ1n) is 8.18. The van der Waals surface area contributed by atoms with Crippen LogP contribution in [0.3, 0.4) is 0 Å². The molecule has 3 rings (SSSR count). The average Bonchev–Trinajstić information content (AvgIpc) is 3.02. The molecule has 0 saturated heterocycles. The van der Waals surface area contributed by atoms with Gasteiger partial charge in [-0.1, -0.05) is 0 Å². The van der Waals surface area contributed by atoms with Crippen molar-refractivity contribution in [2.45, 2.75) is 26.4 Å². The van der Waals surface area contributed by atoms with E-state index in [1.807, 2.05) is 0 Å². The molecular formula is C18H20FN5O2. The molecule has 1 atom stereocenters. The third-order valence-electron chi connectivity index (χ3n) is 4.32. The second kappa shape index (κ2) is 6.99. The number of allylic oxidation sites excluding steroid dienone is 1. The minimum atomic E-state index is -0.375. The Labute approximate surface area is 150 Å². The first kappa shape index (κ1) is 17.7. The van der Waals surface area contributed by atoms with Gasteiger partial charge >= 0.3 is 6.03 Å². The zero-order chi connectivity index (χ0) is 18.8. The van der Waals surface area contributed by atoms with Gasteiger partial charge in [0.15, 0.2) is 0 Å². The van der Waals surface area contributed by atoms with Gasteiger partial charge in [0, 0.05) is 30.4 Å². The van der Waals surface area contributed by atoms with E-state index in [1.165, 1.54) is 12.1 Å². The standard InChI is InChI=1S/C18H20FN5O2/c1-10-15(11(2)22-18(26)21-10)17(25)24(3)9-13-8-20-23-16(13)12-4-6-14(19)7-5-12/h4-8,10H,9H2,1-3H3,(H,20,23)(H2,21,22,26). The Morgan fingerprint density at radius 3 is 2.65 bits per heavy atom. The van der Waals surface area contributed by atoms with Crippen LogP contribution in [0.4, 0.5) is 9.18 Å². The normalized spacial score (nSPS) is 16.9. The number of carbonyl (C=O) groups excluding carboxylic acids is 2. The van der Waals surface area contributed by atoms with Crippen LogP contribution in [0.1, 0.15) is 19.4 Å². The molecule has 1 aliphatic heterocycles. The van der Waals surface area contributed by atoms with Crippen LogP contribution in [-0.2, 0) is 11.3 Å². The van der Waals surface area contributed by atoms with Gasteiger partial charge in [-0.3, -0.25) is 9.89 Å². The SMILES string of the molecule is CC1=C(C(=O)N(C)Cc2cn[nH]c2-c2ccc(F)cc2)C(C)NC(=O)N1. The van der Waals surface area contributed by atoms with Gasteiger partial charge in [-0.2, -0.15) is 5.10 Å². The van der Waals surface area contributed by atoms with Crippen LogP contribution in [0.25, 0.3) is 11.3 Å². The second-order valence-corrected chi connectivity index (χ2v) is 6.30. The molecule has 0 aliphatic carbocycles. The van der Waals surface area contributed by atoms with Crippen LogP contribution in [0.15, 0.2) is 41.7 Å². The van der Waals surface area contributed by atoms with Crippen LogP contribution in [0.2, 0.25) is 0 Å². The Morgan fingerprint density at radius 1 is 1.31 bits per heavy atom. The van der Waals surface area contributed by atoms with E-state index >= 15 is 0 Å². The minimum absolute atomic E-state index is 0.186. The first-order chi connectivity index (χ1) is 12.4. The first-order valence-corrected chi connectivity index (χ1v) is 8.18. The number of nitrogens with zero attached hydrogens (tertiary/aromatic N) is 2. The number of halogens is 1. The highest BCUT2D eigenvalue weighted by Gasteiger charge is 2.29. The van der Waals surface area contributed by atoms with Gasteiger partial charge in [-0.05, 0) is 38.1 Å². The fourth-order valence-corrected chi connectivity index (χ4v) is 3.04. The number of hydrogen-bond acceptors (Lipinski definition) is 3. The molecule has 2 aromatic rings. The Bertz CT molecular complexity index is 872. The Morgan fingerprint density at radius 2 is 2.00 bits per heavy atom. The van der Waals surface area contributed by atoms with E-state index in [-0.39, 0.29) is 23.8 Å². The molecule has 1 unspecified atom stereocenters. The molecule has 1 aromatic heterocycles. The minimum Gasteiger partial charge on any atom is -0.337 e. The maximum absolute atomic E-state index is 13.1. The number of amides is 3. The van der Waals surface area contributed by atoms with Crippen LogP contribution < -0.4 is 10.6 Å². The summed E-state index contributed by atoms with van der Waals surface area (Å²) in [6.07, 6.45) is 1.65. The molecule has 3 N–H and O–H groups in total. The molecule has 0 fully saturated rings. The lowest BCUT2D eigenvalue weighted by molar-refractivity contribution is -0.126. The van der Waals surface area contributed by atoms with Crippen molar-refractivity contribution in [2.75, 3.05) is 7.05 Å². The zero-order valence-electron chi connectivity index (χ0n) is 14.8. The summed E-state index contributed by atoms with van der Waals surface area (Å²) in [6.45, 7) is 3.79. The summed E-state index contributed by atoms with van der Waals surface area (Å²) < 4.78 is 13.1. The molecule has 1 aliphatic rings. The Balaban J connectivity index is 1.81. The monoisotopic (exact) mass is 357 g/mol. The maximum atomic E-state index is 13.1. The summed E-state index contributed by atoms with van der Waals surface area (Å²) in [4.78, 5) is 25.9. The summed E-state index contributed by atoms with van der Waals surface area (Å²) in [5.41, 5.74) is 3.39. The maximum Gasteiger partial charge on any atom is 0.319 e. The lowest BCUT2D eigenvalue weighted by Gasteiger charge is -2.28. The zero-order valence-corrected chi connectivity index (χ0v) is 14.8. The van der Waals surface area contributed by atoms with E-state index in [9.17, 15) is 14.0 Å². The van der Waals surface area contributed by atoms with Gasteiger partial charge in [0.05, 0.1) is 23.5 Å². The molecule has 1 aromatic carbocycles. The lowest BCUT2D eigenvalue weighted by atomic mass is 10.0. The summed E-state index contributed by atoms with van der Waals surface area (Å²) >= 11 is 0. The highest BCUT2D eigenvalue weighted by Crippen LogP contribution is 2.23. The summed E-state index contributed by atoms with van der Waals surface area (Å²) in [7, 11) is 1.69. The van der Waals surface area contributed by atoms with Gasteiger partial charge < -0.3 is 15.5 Å². The highest BCUT2D eigenvalue weighted by atomic mass is 19.1. The Kier molecular flexibility index (Phi) is 4.75.